The topological polar surface area (TPSA) is 37.8 Å². The van der Waals surface area contributed by atoms with Crippen molar-refractivity contribution in [1.82, 2.24) is 9.97 Å². The molecule has 0 aliphatic carbocycles. The summed E-state index contributed by atoms with van der Waals surface area (Å²) in [7, 11) is 0. The highest BCUT2D eigenvalue weighted by Gasteiger charge is 2.07. The lowest BCUT2D eigenvalue weighted by atomic mass is 10.00. The molecule has 1 aromatic carbocycles. The molecule has 0 saturated carbocycles. The molecule has 1 aromatic heterocycles. The molecule has 19 heavy (non-hydrogen) atoms. The zero-order valence-corrected chi connectivity index (χ0v) is 12.1. The Hall–Kier alpha value is -1.90. The Morgan fingerprint density at radius 2 is 1.84 bits per heavy atom. The van der Waals surface area contributed by atoms with Gasteiger partial charge in [-0.3, -0.25) is 0 Å². The van der Waals surface area contributed by atoms with Gasteiger partial charge in [-0.15, -0.1) is 0 Å². The highest BCUT2D eigenvalue weighted by atomic mass is 15.1. The third-order valence-corrected chi connectivity index (χ3v) is 3.16. The van der Waals surface area contributed by atoms with Gasteiger partial charge in [0.15, 0.2) is 0 Å². The largest absolute Gasteiger partial charge is 0.354 e. The molecule has 0 saturated heterocycles. The van der Waals surface area contributed by atoms with Gasteiger partial charge in [0.1, 0.15) is 0 Å². The summed E-state index contributed by atoms with van der Waals surface area (Å²) in [6.45, 7) is 9.32. The molecule has 0 unspecified atom stereocenters. The lowest BCUT2D eigenvalue weighted by Gasteiger charge is -2.10. The van der Waals surface area contributed by atoms with E-state index in [0.29, 0.717) is 11.9 Å². The van der Waals surface area contributed by atoms with Crippen LogP contribution < -0.4 is 5.32 Å². The van der Waals surface area contributed by atoms with E-state index >= 15 is 0 Å². The molecule has 1 heterocycles. The number of nitrogens with zero attached hydrogens (tertiary/aromatic N) is 2. The van der Waals surface area contributed by atoms with Crippen LogP contribution in [0.1, 0.15) is 37.8 Å². The molecule has 100 valence electrons. The summed E-state index contributed by atoms with van der Waals surface area (Å²) >= 11 is 0. The molecule has 0 spiro atoms. The summed E-state index contributed by atoms with van der Waals surface area (Å²) in [6.07, 6.45) is 1.87. The van der Waals surface area contributed by atoms with E-state index in [2.05, 4.69) is 53.4 Å². The summed E-state index contributed by atoms with van der Waals surface area (Å²) in [5, 5.41) is 3.15. The van der Waals surface area contributed by atoms with Gasteiger partial charge in [0.25, 0.3) is 0 Å². The monoisotopic (exact) mass is 255 g/mol. The number of hydrogen-bond acceptors (Lipinski definition) is 3. The van der Waals surface area contributed by atoms with Gasteiger partial charge in [0.2, 0.25) is 5.95 Å². The second-order valence-electron chi connectivity index (χ2n) is 5.03. The number of aryl methyl sites for hydroxylation is 1. The van der Waals surface area contributed by atoms with Crippen molar-refractivity contribution in [1.29, 1.82) is 0 Å². The van der Waals surface area contributed by atoms with Crippen molar-refractivity contribution in [3.05, 3.63) is 41.6 Å². The molecule has 2 aromatic rings. The number of rotatable bonds is 4. The second kappa shape index (κ2) is 5.83. The standard InChI is InChI=1S/C16H21N3/c1-5-17-16-18-10-12(4)15(19-16)14-8-6-13(7-9-14)11(2)3/h6-11H,5H2,1-4H3,(H,17,18,19). The number of aromatic nitrogens is 2. The SMILES string of the molecule is CCNc1ncc(C)c(-c2ccc(C(C)C)cc2)n1. The number of hydrogen-bond donors (Lipinski definition) is 1. The summed E-state index contributed by atoms with van der Waals surface area (Å²) in [4.78, 5) is 8.86. The minimum absolute atomic E-state index is 0.554. The van der Waals surface area contributed by atoms with Gasteiger partial charge in [-0.1, -0.05) is 38.1 Å². The van der Waals surface area contributed by atoms with Crippen LogP contribution in [0.3, 0.4) is 0 Å². The molecule has 3 heteroatoms. The molecule has 0 aliphatic heterocycles. The zero-order chi connectivity index (χ0) is 13.8. The lowest BCUT2D eigenvalue weighted by molar-refractivity contribution is 0.867. The van der Waals surface area contributed by atoms with E-state index in [1.807, 2.05) is 20.0 Å². The zero-order valence-electron chi connectivity index (χ0n) is 12.1. The summed E-state index contributed by atoms with van der Waals surface area (Å²) in [5.41, 5.74) is 4.59. The highest BCUT2D eigenvalue weighted by molar-refractivity contribution is 5.64. The molecule has 0 fully saturated rings. The van der Waals surface area contributed by atoms with Crippen molar-refractivity contribution in [3.8, 4) is 11.3 Å². The van der Waals surface area contributed by atoms with Gasteiger partial charge in [0, 0.05) is 18.3 Å². The van der Waals surface area contributed by atoms with Crippen LogP contribution in [0.25, 0.3) is 11.3 Å². The lowest BCUT2D eigenvalue weighted by Crippen LogP contribution is -2.03. The molecule has 2 rings (SSSR count). The van der Waals surface area contributed by atoms with E-state index in [4.69, 9.17) is 0 Å². The quantitative estimate of drug-likeness (QED) is 0.897. The van der Waals surface area contributed by atoms with Crippen molar-refractivity contribution in [2.45, 2.75) is 33.6 Å². The number of anilines is 1. The molecular formula is C16H21N3. The molecule has 0 radical (unpaired) electrons. The average Bonchev–Trinajstić information content (AvgIpc) is 2.41. The third kappa shape index (κ3) is 3.11. The van der Waals surface area contributed by atoms with Gasteiger partial charge >= 0.3 is 0 Å². The van der Waals surface area contributed by atoms with Crippen LogP contribution in [0.4, 0.5) is 5.95 Å². The molecule has 0 atom stereocenters. The Labute approximate surface area is 115 Å². The molecule has 0 aliphatic rings. The van der Waals surface area contributed by atoms with Crippen LogP contribution in [-0.2, 0) is 0 Å². The minimum atomic E-state index is 0.554. The smallest absolute Gasteiger partial charge is 0.223 e. The molecule has 0 bridgehead atoms. The summed E-state index contributed by atoms with van der Waals surface area (Å²) < 4.78 is 0. The van der Waals surface area contributed by atoms with E-state index in [0.717, 1.165) is 23.4 Å². The average molecular weight is 255 g/mol. The third-order valence-electron chi connectivity index (χ3n) is 3.16. The normalized spacial score (nSPS) is 10.8. The van der Waals surface area contributed by atoms with Gasteiger partial charge in [-0.2, -0.15) is 0 Å². The molecule has 0 amide bonds. The first kappa shape index (κ1) is 13.5. The van der Waals surface area contributed by atoms with Crippen LogP contribution in [0.5, 0.6) is 0 Å². The first-order valence-electron chi connectivity index (χ1n) is 6.79. The Kier molecular flexibility index (Phi) is 4.15. The van der Waals surface area contributed by atoms with Crippen molar-refractivity contribution in [2.24, 2.45) is 0 Å². The minimum Gasteiger partial charge on any atom is -0.354 e. The Bertz CT molecular complexity index is 544. The van der Waals surface area contributed by atoms with Gasteiger partial charge in [0.05, 0.1) is 5.69 Å². The Balaban J connectivity index is 2.37. The van der Waals surface area contributed by atoms with E-state index in [9.17, 15) is 0 Å². The van der Waals surface area contributed by atoms with Crippen molar-refractivity contribution < 1.29 is 0 Å². The Morgan fingerprint density at radius 1 is 1.16 bits per heavy atom. The maximum atomic E-state index is 4.58. The van der Waals surface area contributed by atoms with Gasteiger partial charge in [-0.25, -0.2) is 9.97 Å². The molecule has 1 N–H and O–H groups in total. The fourth-order valence-corrected chi connectivity index (χ4v) is 2.00. The fraction of sp³-hybridized carbons (Fsp3) is 0.375. The Morgan fingerprint density at radius 3 is 2.42 bits per heavy atom. The van der Waals surface area contributed by atoms with E-state index in [-0.39, 0.29) is 0 Å². The van der Waals surface area contributed by atoms with Crippen LogP contribution in [0.15, 0.2) is 30.5 Å². The van der Waals surface area contributed by atoms with E-state index in [1.165, 1.54) is 5.56 Å². The second-order valence-corrected chi connectivity index (χ2v) is 5.03. The van der Waals surface area contributed by atoms with Crippen LogP contribution >= 0.6 is 0 Å². The van der Waals surface area contributed by atoms with Crippen molar-refractivity contribution >= 4 is 5.95 Å². The highest BCUT2D eigenvalue weighted by Crippen LogP contribution is 2.24. The van der Waals surface area contributed by atoms with Crippen LogP contribution in [0, 0.1) is 6.92 Å². The van der Waals surface area contributed by atoms with Crippen LogP contribution in [-0.4, -0.2) is 16.5 Å². The first-order chi connectivity index (χ1) is 9.11. The maximum Gasteiger partial charge on any atom is 0.223 e. The number of nitrogens with one attached hydrogen (secondary N) is 1. The molecule has 3 nitrogen and oxygen atoms in total. The van der Waals surface area contributed by atoms with Crippen molar-refractivity contribution in [3.63, 3.8) is 0 Å². The summed E-state index contributed by atoms with van der Waals surface area (Å²) in [5.74, 6) is 1.24. The predicted octanol–water partition coefficient (Wildman–Crippen LogP) is 4.01. The molecular weight excluding hydrogens is 234 g/mol. The maximum absolute atomic E-state index is 4.58. The predicted molar refractivity (Wildman–Crippen MR) is 80.5 cm³/mol. The van der Waals surface area contributed by atoms with Gasteiger partial charge in [-0.05, 0) is 30.9 Å². The van der Waals surface area contributed by atoms with E-state index in [1.54, 1.807) is 0 Å². The number of benzene rings is 1. The fourth-order valence-electron chi connectivity index (χ4n) is 2.00. The summed E-state index contributed by atoms with van der Waals surface area (Å²) in [6, 6.07) is 8.63. The van der Waals surface area contributed by atoms with E-state index < -0.39 is 0 Å². The van der Waals surface area contributed by atoms with Crippen molar-refractivity contribution in [2.75, 3.05) is 11.9 Å². The van der Waals surface area contributed by atoms with Crippen LogP contribution in [0.2, 0.25) is 0 Å². The first-order valence-corrected chi connectivity index (χ1v) is 6.79. The van der Waals surface area contributed by atoms with Gasteiger partial charge < -0.3 is 5.32 Å².